The van der Waals surface area contributed by atoms with Crippen molar-refractivity contribution in [3.8, 4) is 11.5 Å². The summed E-state index contributed by atoms with van der Waals surface area (Å²) in [6, 6.07) is 7.12. The van der Waals surface area contributed by atoms with E-state index in [1.54, 1.807) is 25.1 Å². The molecule has 0 atom stereocenters. The molecular formula is C15H21NO5. The summed E-state index contributed by atoms with van der Waals surface area (Å²) in [7, 11) is 1.52. The Bertz CT molecular complexity index is 475. The molecule has 0 N–H and O–H groups in total. The normalized spacial score (nSPS) is 9.86. The van der Waals surface area contributed by atoms with E-state index in [0.717, 1.165) is 0 Å². The van der Waals surface area contributed by atoms with Gasteiger partial charge in [0.1, 0.15) is 6.54 Å². The molecule has 0 bridgehead atoms. The Labute approximate surface area is 124 Å². The van der Waals surface area contributed by atoms with Crippen LogP contribution >= 0.6 is 0 Å². The first-order chi connectivity index (χ1) is 10.1. The van der Waals surface area contributed by atoms with E-state index in [2.05, 4.69) is 0 Å². The molecule has 0 aliphatic carbocycles. The molecule has 0 heterocycles. The van der Waals surface area contributed by atoms with Crippen molar-refractivity contribution in [2.75, 3.05) is 33.4 Å². The van der Waals surface area contributed by atoms with Crippen LogP contribution in [0.25, 0.3) is 0 Å². The van der Waals surface area contributed by atoms with Crippen LogP contribution in [0.5, 0.6) is 11.5 Å². The van der Waals surface area contributed by atoms with Crippen molar-refractivity contribution in [2.45, 2.75) is 13.8 Å². The van der Waals surface area contributed by atoms with Gasteiger partial charge in [-0.3, -0.25) is 9.59 Å². The van der Waals surface area contributed by atoms with E-state index in [0.29, 0.717) is 24.7 Å². The second-order valence-electron chi connectivity index (χ2n) is 4.22. The van der Waals surface area contributed by atoms with Gasteiger partial charge in [-0.1, -0.05) is 12.1 Å². The van der Waals surface area contributed by atoms with Gasteiger partial charge in [-0.15, -0.1) is 0 Å². The maximum atomic E-state index is 11.9. The summed E-state index contributed by atoms with van der Waals surface area (Å²) in [5.41, 5.74) is 0. The number of hydrogen-bond acceptors (Lipinski definition) is 5. The van der Waals surface area contributed by atoms with Crippen LogP contribution in [0.2, 0.25) is 0 Å². The van der Waals surface area contributed by atoms with E-state index in [1.807, 2.05) is 13.0 Å². The molecule has 21 heavy (non-hydrogen) atoms. The van der Waals surface area contributed by atoms with Crippen LogP contribution in [0.1, 0.15) is 13.8 Å². The third-order valence-electron chi connectivity index (χ3n) is 2.60. The van der Waals surface area contributed by atoms with Gasteiger partial charge < -0.3 is 19.1 Å². The minimum absolute atomic E-state index is 0.0941. The molecule has 0 radical (unpaired) electrons. The average Bonchev–Trinajstić information content (AvgIpc) is 2.46. The van der Waals surface area contributed by atoms with Crippen molar-refractivity contribution in [1.29, 1.82) is 0 Å². The third kappa shape index (κ3) is 5.72. The number of hydrogen-bond donors (Lipinski definition) is 0. The molecule has 0 aliphatic rings. The number of para-hydroxylation sites is 2. The molecule has 0 saturated carbocycles. The fourth-order valence-corrected chi connectivity index (χ4v) is 1.58. The van der Waals surface area contributed by atoms with Crippen molar-refractivity contribution >= 4 is 11.9 Å². The van der Waals surface area contributed by atoms with Crippen LogP contribution < -0.4 is 9.47 Å². The number of esters is 1. The quantitative estimate of drug-likeness (QED) is 0.680. The molecule has 6 heteroatoms. The molecule has 0 spiro atoms. The van der Waals surface area contributed by atoms with Gasteiger partial charge in [-0.05, 0) is 26.0 Å². The Morgan fingerprint density at radius 3 is 2.24 bits per heavy atom. The predicted molar refractivity (Wildman–Crippen MR) is 77.4 cm³/mol. The Hall–Kier alpha value is -2.24. The van der Waals surface area contributed by atoms with Crippen molar-refractivity contribution < 1.29 is 23.8 Å². The highest BCUT2D eigenvalue weighted by atomic mass is 16.5. The zero-order chi connectivity index (χ0) is 15.7. The minimum Gasteiger partial charge on any atom is -0.490 e. The molecule has 6 nitrogen and oxygen atoms in total. The number of likely N-dealkylation sites (N-methyl/N-ethyl adjacent to an activating group) is 1. The van der Waals surface area contributed by atoms with Crippen molar-refractivity contribution in [1.82, 2.24) is 4.90 Å². The van der Waals surface area contributed by atoms with Gasteiger partial charge in [0.15, 0.2) is 18.1 Å². The number of carbonyl (C=O) groups is 2. The van der Waals surface area contributed by atoms with E-state index < -0.39 is 5.97 Å². The third-order valence-corrected chi connectivity index (χ3v) is 2.60. The SMILES string of the molecule is CCOC(=O)CN(C)C(=O)COc1ccccc1OCC. The number of rotatable bonds is 8. The zero-order valence-electron chi connectivity index (χ0n) is 12.6. The molecule has 0 unspecified atom stereocenters. The zero-order valence-corrected chi connectivity index (χ0v) is 12.6. The highest BCUT2D eigenvalue weighted by Crippen LogP contribution is 2.26. The molecular weight excluding hydrogens is 274 g/mol. The fraction of sp³-hybridized carbons (Fsp3) is 0.467. The van der Waals surface area contributed by atoms with Crippen LogP contribution in [0.3, 0.4) is 0 Å². The molecule has 0 fully saturated rings. The molecule has 0 saturated heterocycles. The second-order valence-corrected chi connectivity index (χ2v) is 4.22. The predicted octanol–water partition coefficient (Wildman–Crippen LogP) is 1.49. The standard InChI is InChI=1S/C15H21NO5/c1-4-19-12-8-6-7-9-13(12)21-11-14(17)16(3)10-15(18)20-5-2/h6-9H,4-5,10-11H2,1-3H3. The number of amides is 1. The van der Waals surface area contributed by atoms with Gasteiger partial charge >= 0.3 is 5.97 Å². The monoisotopic (exact) mass is 295 g/mol. The summed E-state index contributed by atoms with van der Waals surface area (Å²) in [6.45, 7) is 4.13. The Morgan fingerprint density at radius 1 is 1.05 bits per heavy atom. The number of carbonyl (C=O) groups excluding carboxylic acids is 2. The molecule has 1 aromatic rings. The number of benzene rings is 1. The van der Waals surface area contributed by atoms with Crippen molar-refractivity contribution in [3.63, 3.8) is 0 Å². The van der Waals surface area contributed by atoms with Crippen LogP contribution in [0.15, 0.2) is 24.3 Å². The summed E-state index contributed by atoms with van der Waals surface area (Å²) in [4.78, 5) is 24.4. The van der Waals surface area contributed by atoms with E-state index in [4.69, 9.17) is 14.2 Å². The number of nitrogens with zero attached hydrogens (tertiary/aromatic N) is 1. The maximum absolute atomic E-state index is 11.9. The smallest absolute Gasteiger partial charge is 0.325 e. The van der Waals surface area contributed by atoms with Crippen molar-refractivity contribution in [2.24, 2.45) is 0 Å². The van der Waals surface area contributed by atoms with E-state index >= 15 is 0 Å². The second kappa shape index (κ2) is 8.84. The molecule has 116 valence electrons. The Morgan fingerprint density at radius 2 is 1.67 bits per heavy atom. The summed E-state index contributed by atoms with van der Waals surface area (Å²) < 4.78 is 15.6. The number of ether oxygens (including phenoxy) is 3. The van der Waals surface area contributed by atoms with E-state index in [-0.39, 0.29) is 19.1 Å². The van der Waals surface area contributed by atoms with E-state index in [1.165, 1.54) is 11.9 Å². The molecule has 0 aliphatic heterocycles. The summed E-state index contributed by atoms with van der Waals surface area (Å²) in [6.07, 6.45) is 0. The highest BCUT2D eigenvalue weighted by Gasteiger charge is 2.15. The minimum atomic E-state index is -0.442. The van der Waals surface area contributed by atoms with Crippen LogP contribution in [0, 0.1) is 0 Å². The average molecular weight is 295 g/mol. The van der Waals surface area contributed by atoms with Gasteiger partial charge in [0.2, 0.25) is 0 Å². The molecule has 1 aromatic carbocycles. The first kappa shape index (κ1) is 16.8. The lowest BCUT2D eigenvalue weighted by Crippen LogP contribution is -2.36. The fourth-order valence-electron chi connectivity index (χ4n) is 1.58. The lowest BCUT2D eigenvalue weighted by molar-refractivity contribution is -0.148. The van der Waals surface area contributed by atoms with Gasteiger partial charge in [0.05, 0.1) is 13.2 Å². The first-order valence-electron chi connectivity index (χ1n) is 6.82. The van der Waals surface area contributed by atoms with Gasteiger partial charge in [0, 0.05) is 7.05 Å². The molecule has 1 amide bonds. The van der Waals surface area contributed by atoms with Crippen LogP contribution in [0.4, 0.5) is 0 Å². The largest absolute Gasteiger partial charge is 0.490 e. The van der Waals surface area contributed by atoms with Gasteiger partial charge in [0.25, 0.3) is 5.91 Å². The molecule has 0 aromatic heterocycles. The summed E-state index contributed by atoms with van der Waals surface area (Å²) >= 11 is 0. The Kier molecular flexibility index (Phi) is 7.08. The van der Waals surface area contributed by atoms with Crippen LogP contribution in [-0.2, 0) is 14.3 Å². The van der Waals surface area contributed by atoms with Crippen LogP contribution in [-0.4, -0.2) is 50.2 Å². The first-order valence-corrected chi connectivity index (χ1v) is 6.82. The summed E-state index contributed by atoms with van der Waals surface area (Å²) in [5, 5.41) is 0. The van der Waals surface area contributed by atoms with Gasteiger partial charge in [-0.25, -0.2) is 0 Å². The molecule has 1 rings (SSSR count). The van der Waals surface area contributed by atoms with E-state index in [9.17, 15) is 9.59 Å². The summed E-state index contributed by atoms with van der Waals surface area (Å²) in [5.74, 6) is 0.329. The Balaban J connectivity index is 2.51. The lowest BCUT2D eigenvalue weighted by Gasteiger charge is -2.17. The maximum Gasteiger partial charge on any atom is 0.325 e. The van der Waals surface area contributed by atoms with Crippen molar-refractivity contribution in [3.05, 3.63) is 24.3 Å². The lowest BCUT2D eigenvalue weighted by atomic mass is 10.3. The van der Waals surface area contributed by atoms with Gasteiger partial charge in [-0.2, -0.15) is 0 Å². The highest BCUT2D eigenvalue weighted by molar-refractivity contribution is 5.82. The topological polar surface area (TPSA) is 65.1 Å².